The Morgan fingerprint density at radius 1 is 1.20 bits per heavy atom. The average Bonchev–Trinajstić information content (AvgIpc) is 2.87. The quantitative estimate of drug-likeness (QED) is 0.662. The van der Waals surface area contributed by atoms with Crippen LogP contribution in [-0.4, -0.2) is 16.2 Å². The van der Waals surface area contributed by atoms with Gasteiger partial charge in [-0.1, -0.05) is 38.1 Å². The first-order valence-corrected chi connectivity index (χ1v) is 6.57. The Balaban J connectivity index is 2.25. The maximum Gasteiger partial charge on any atom is 0.196 e. The lowest BCUT2D eigenvalue weighted by Gasteiger charge is -2.32. The summed E-state index contributed by atoms with van der Waals surface area (Å²) in [5.41, 5.74) is 14.3. The van der Waals surface area contributed by atoms with Gasteiger partial charge in [0.1, 0.15) is 5.82 Å². The smallest absolute Gasteiger partial charge is 0.196 e. The molecule has 0 amide bonds. The Morgan fingerprint density at radius 2 is 1.95 bits per heavy atom. The highest BCUT2D eigenvalue weighted by molar-refractivity contribution is 5.94. The summed E-state index contributed by atoms with van der Waals surface area (Å²) >= 11 is 0. The summed E-state index contributed by atoms with van der Waals surface area (Å²) in [5.74, 6) is 1.31. The summed E-state index contributed by atoms with van der Waals surface area (Å²) in [6.45, 7) is 4.26. The van der Waals surface area contributed by atoms with Crippen LogP contribution in [0.1, 0.15) is 36.5 Å². The van der Waals surface area contributed by atoms with Gasteiger partial charge in [-0.15, -0.1) is 0 Å². The molecule has 0 saturated heterocycles. The van der Waals surface area contributed by atoms with Gasteiger partial charge in [-0.3, -0.25) is 10.8 Å². The van der Waals surface area contributed by atoms with E-state index < -0.39 is 5.66 Å². The fourth-order valence-corrected chi connectivity index (χ4v) is 2.63. The number of rotatable bonds is 2. The first-order chi connectivity index (χ1) is 9.52. The first-order valence-electron chi connectivity index (χ1n) is 6.57. The van der Waals surface area contributed by atoms with Gasteiger partial charge in [0.25, 0.3) is 0 Å². The molecule has 6 N–H and O–H groups in total. The third kappa shape index (κ3) is 1.77. The Kier molecular flexibility index (Phi) is 2.76. The van der Waals surface area contributed by atoms with Gasteiger partial charge in [0.2, 0.25) is 0 Å². The average molecular weight is 270 g/mol. The van der Waals surface area contributed by atoms with Gasteiger partial charge in [0.05, 0.1) is 11.8 Å². The molecule has 0 radical (unpaired) electrons. The van der Waals surface area contributed by atoms with Crippen molar-refractivity contribution in [1.29, 1.82) is 0 Å². The van der Waals surface area contributed by atoms with Crippen LogP contribution < -0.4 is 16.8 Å². The summed E-state index contributed by atoms with van der Waals surface area (Å²) in [5, 5.41) is 9.84. The minimum absolute atomic E-state index is 0.280. The maximum atomic E-state index is 6.60. The van der Waals surface area contributed by atoms with Gasteiger partial charge in [-0.05, 0) is 11.5 Å². The highest BCUT2D eigenvalue weighted by Crippen LogP contribution is 2.38. The zero-order chi connectivity index (χ0) is 14.3. The monoisotopic (exact) mass is 270 g/mol. The van der Waals surface area contributed by atoms with Crippen molar-refractivity contribution in [3.8, 4) is 0 Å². The van der Waals surface area contributed by atoms with Gasteiger partial charge in [-0.2, -0.15) is 5.10 Å². The van der Waals surface area contributed by atoms with Crippen LogP contribution >= 0.6 is 0 Å². The van der Waals surface area contributed by atoms with Gasteiger partial charge in [-0.25, -0.2) is 4.99 Å². The number of benzene rings is 1. The number of aromatic amines is 1. The van der Waals surface area contributed by atoms with E-state index in [0.29, 0.717) is 11.7 Å². The van der Waals surface area contributed by atoms with Crippen molar-refractivity contribution in [2.24, 2.45) is 16.5 Å². The molecule has 0 saturated carbocycles. The molecule has 1 aromatic heterocycles. The molecule has 2 aromatic rings. The van der Waals surface area contributed by atoms with E-state index in [2.05, 4.69) is 40.4 Å². The van der Waals surface area contributed by atoms with E-state index in [1.54, 1.807) is 6.20 Å². The molecule has 0 fully saturated rings. The fourth-order valence-electron chi connectivity index (χ4n) is 2.63. The number of nitrogens with one attached hydrogen (secondary N) is 2. The number of hydrogen-bond acceptors (Lipinski definition) is 5. The summed E-state index contributed by atoms with van der Waals surface area (Å²) in [6, 6.07) is 8.03. The minimum atomic E-state index is -1.02. The Hall–Kier alpha value is -2.34. The first kappa shape index (κ1) is 12.7. The number of H-pyrrole nitrogens is 1. The number of nitrogens with two attached hydrogens (primary N) is 2. The second-order valence-electron chi connectivity index (χ2n) is 5.29. The molecule has 6 heteroatoms. The predicted octanol–water partition coefficient (Wildman–Crippen LogP) is 1.43. The van der Waals surface area contributed by atoms with E-state index in [9.17, 15) is 0 Å². The molecule has 0 aliphatic carbocycles. The standard InChI is InChI=1S/C14H18N6/c1-8(2)9-5-3-4-6-10(9)14(16)11-7-17-20-12(11)18-13(15)19-14/h3-8H,16H2,1-2H3,(H4,15,17,18,19,20). The van der Waals surface area contributed by atoms with E-state index >= 15 is 0 Å². The lowest BCUT2D eigenvalue weighted by molar-refractivity contribution is 0.556. The molecule has 1 aliphatic rings. The van der Waals surface area contributed by atoms with Crippen LogP contribution in [0, 0.1) is 0 Å². The van der Waals surface area contributed by atoms with Crippen molar-refractivity contribution in [1.82, 2.24) is 10.2 Å². The molecule has 1 atom stereocenters. The number of anilines is 1. The number of fused-ring (bicyclic) bond motifs is 1. The van der Waals surface area contributed by atoms with Crippen LogP contribution in [0.2, 0.25) is 0 Å². The molecule has 1 aliphatic heterocycles. The highest BCUT2D eigenvalue weighted by Gasteiger charge is 2.38. The van der Waals surface area contributed by atoms with Gasteiger partial charge in [0, 0.05) is 5.56 Å². The molecular formula is C14H18N6. The molecule has 1 aromatic carbocycles. The van der Waals surface area contributed by atoms with Gasteiger partial charge >= 0.3 is 0 Å². The van der Waals surface area contributed by atoms with E-state index in [1.165, 1.54) is 0 Å². The molecular weight excluding hydrogens is 252 g/mol. The third-order valence-corrected chi connectivity index (χ3v) is 3.59. The van der Waals surface area contributed by atoms with Crippen molar-refractivity contribution in [3.63, 3.8) is 0 Å². The Labute approximate surface area is 117 Å². The number of aliphatic imine (C=N–C) groups is 1. The van der Waals surface area contributed by atoms with E-state index in [0.717, 1.165) is 16.7 Å². The van der Waals surface area contributed by atoms with Crippen LogP contribution in [0.5, 0.6) is 0 Å². The Bertz CT molecular complexity index is 672. The summed E-state index contributed by atoms with van der Waals surface area (Å²) in [6.07, 6.45) is 1.69. The molecule has 1 unspecified atom stereocenters. The van der Waals surface area contributed by atoms with E-state index in [-0.39, 0.29) is 5.96 Å². The lowest BCUT2D eigenvalue weighted by atomic mass is 9.85. The van der Waals surface area contributed by atoms with Crippen molar-refractivity contribution < 1.29 is 0 Å². The molecule has 20 heavy (non-hydrogen) atoms. The van der Waals surface area contributed by atoms with Crippen LogP contribution in [-0.2, 0) is 5.66 Å². The van der Waals surface area contributed by atoms with Crippen molar-refractivity contribution >= 4 is 11.8 Å². The lowest BCUT2D eigenvalue weighted by Crippen LogP contribution is -2.44. The SMILES string of the molecule is CC(C)c1ccccc1C1(N)N=C(N)Nc2[nH]ncc21. The van der Waals surface area contributed by atoms with Crippen molar-refractivity contribution in [2.75, 3.05) is 5.32 Å². The minimum Gasteiger partial charge on any atom is -0.370 e. The molecule has 0 spiro atoms. The maximum absolute atomic E-state index is 6.60. The fraction of sp³-hybridized carbons (Fsp3) is 0.286. The highest BCUT2D eigenvalue weighted by atomic mass is 15.3. The number of guanidine groups is 1. The molecule has 3 rings (SSSR count). The molecule has 0 bridgehead atoms. The van der Waals surface area contributed by atoms with Crippen LogP contribution in [0.25, 0.3) is 0 Å². The van der Waals surface area contributed by atoms with Crippen LogP contribution in [0.3, 0.4) is 0 Å². The van der Waals surface area contributed by atoms with E-state index in [4.69, 9.17) is 11.5 Å². The number of aromatic nitrogens is 2. The van der Waals surface area contributed by atoms with E-state index in [1.807, 2.05) is 18.2 Å². The van der Waals surface area contributed by atoms with Crippen LogP contribution in [0.4, 0.5) is 5.82 Å². The number of hydrogen-bond donors (Lipinski definition) is 4. The van der Waals surface area contributed by atoms with Gasteiger partial charge < -0.3 is 11.1 Å². The second-order valence-corrected chi connectivity index (χ2v) is 5.29. The zero-order valence-corrected chi connectivity index (χ0v) is 11.5. The summed E-state index contributed by atoms with van der Waals surface area (Å²) in [7, 11) is 0. The predicted molar refractivity (Wildman–Crippen MR) is 79.3 cm³/mol. The van der Waals surface area contributed by atoms with Crippen molar-refractivity contribution in [2.45, 2.75) is 25.4 Å². The largest absolute Gasteiger partial charge is 0.370 e. The number of nitrogens with zero attached hydrogens (tertiary/aromatic N) is 2. The van der Waals surface area contributed by atoms with Crippen molar-refractivity contribution in [3.05, 3.63) is 47.2 Å². The zero-order valence-electron chi connectivity index (χ0n) is 11.5. The third-order valence-electron chi connectivity index (χ3n) is 3.59. The summed E-state index contributed by atoms with van der Waals surface area (Å²) in [4.78, 5) is 4.44. The van der Waals surface area contributed by atoms with Gasteiger partial charge in [0.15, 0.2) is 11.6 Å². The molecule has 2 heterocycles. The van der Waals surface area contributed by atoms with Crippen LogP contribution in [0.15, 0.2) is 35.5 Å². The second kappa shape index (κ2) is 4.35. The molecule has 104 valence electrons. The Morgan fingerprint density at radius 3 is 2.70 bits per heavy atom. The molecule has 6 nitrogen and oxygen atoms in total. The normalized spacial score (nSPS) is 21.3. The topological polar surface area (TPSA) is 105 Å². The summed E-state index contributed by atoms with van der Waals surface area (Å²) < 4.78 is 0.